The van der Waals surface area contributed by atoms with E-state index in [1.165, 1.54) is 11.6 Å². The molecule has 8 heteroatoms. The number of piperazine rings is 1. The maximum atomic E-state index is 13.2. The second-order valence-corrected chi connectivity index (χ2v) is 7.33. The Kier molecular flexibility index (Phi) is 8.56. The van der Waals surface area contributed by atoms with Crippen molar-refractivity contribution >= 4 is 27.9 Å². The Balaban J connectivity index is 0.000000409. The second-order valence-electron chi connectivity index (χ2n) is 6.42. The van der Waals surface area contributed by atoms with E-state index in [0.717, 1.165) is 49.3 Å². The molecule has 0 aliphatic carbocycles. The maximum Gasteiger partial charge on any atom is 0.414 e. The van der Waals surface area contributed by atoms with Crippen molar-refractivity contribution in [2.24, 2.45) is 0 Å². The Morgan fingerprint density at radius 1 is 0.857 bits per heavy atom. The van der Waals surface area contributed by atoms with Gasteiger partial charge in [0.2, 0.25) is 0 Å². The first-order valence-corrected chi connectivity index (χ1v) is 9.52. The molecule has 0 radical (unpaired) electrons. The minimum absolute atomic E-state index is 0.147. The van der Waals surface area contributed by atoms with Crippen LogP contribution in [0.1, 0.15) is 11.1 Å². The molecule has 0 saturated carbocycles. The average molecular weight is 453 g/mol. The van der Waals surface area contributed by atoms with Crippen molar-refractivity contribution in [3.05, 3.63) is 69.9 Å². The van der Waals surface area contributed by atoms with Gasteiger partial charge in [0.1, 0.15) is 5.82 Å². The number of nitrogens with zero attached hydrogens (tertiary/aromatic N) is 2. The normalized spacial score (nSPS) is 14.8. The van der Waals surface area contributed by atoms with E-state index in [4.69, 9.17) is 19.8 Å². The molecule has 1 aliphatic heterocycles. The van der Waals surface area contributed by atoms with E-state index in [9.17, 15) is 4.39 Å². The van der Waals surface area contributed by atoms with Gasteiger partial charge in [0.05, 0.1) is 0 Å². The van der Waals surface area contributed by atoms with Crippen LogP contribution in [-0.4, -0.2) is 58.1 Å². The van der Waals surface area contributed by atoms with Crippen LogP contribution in [0.5, 0.6) is 0 Å². The van der Waals surface area contributed by atoms with Gasteiger partial charge in [0, 0.05) is 43.7 Å². The zero-order valence-electron chi connectivity index (χ0n) is 15.2. The molecule has 0 unspecified atom stereocenters. The number of carboxylic acids is 2. The smallest absolute Gasteiger partial charge is 0.414 e. The van der Waals surface area contributed by atoms with Gasteiger partial charge in [-0.3, -0.25) is 9.80 Å². The maximum absolute atomic E-state index is 13.2. The summed E-state index contributed by atoms with van der Waals surface area (Å²) in [4.78, 5) is 23.1. The van der Waals surface area contributed by atoms with Gasteiger partial charge in [-0.1, -0.05) is 40.2 Å². The lowest BCUT2D eigenvalue weighted by molar-refractivity contribution is -0.159. The Hall–Kier alpha value is -2.29. The van der Waals surface area contributed by atoms with Crippen LogP contribution in [0.4, 0.5) is 4.39 Å². The number of halogens is 2. The van der Waals surface area contributed by atoms with Crippen LogP contribution in [0.25, 0.3) is 0 Å². The van der Waals surface area contributed by atoms with Gasteiger partial charge in [0.15, 0.2) is 0 Å². The lowest BCUT2D eigenvalue weighted by Gasteiger charge is -2.34. The van der Waals surface area contributed by atoms with E-state index >= 15 is 0 Å². The summed E-state index contributed by atoms with van der Waals surface area (Å²) in [6, 6.07) is 15.4. The molecular formula is C20H22BrFN2O4. The Labute approximate surface area is 171 Å². The first kappa shape index (κ1) is 22.0. The first-order chi connectivity index (χ1) is 13.3. The number of benzene rings is 2. The second kappa shape index (κ2) is 10.9. The van der Waals surface area contributed by atoms with Crippen LogP contribution in [0.2, 0.25) is 0 Å². The monoisotopic (exact) mass is 452 g/mol. The molecule has 0 spiro atoms. The van der Waals surface area contributed by atoms with Gasteiger partial charge >= 0.3 is 11.9 Å². The van der Waals surface area contributed by atoms with Crippen LogP contribution in [0, 0.1) is 5.82 Å². The van der Waals surface area contributed by atoms with Crippen LogP contribution >= 0.6 is 15.9 Å². The molecule has 28 heavy (non-hydrogen) atoms. The van der Waals surface area contributed by atoms with E-state index in [0.29, 0.717) is 0 Å². The molecule has 1 aliphatic rings. The van der Waals surface area contributed by atoms with Gasteiger partial charge in [0.25, 0.3) is 0 Å². The third-order valence-corrected chi connectivity index (χ3v) is 4.79. The number of aliphatic carboxylic acids is 2. The highest BCUT2D eigenvalue weighted by atomic mass is 79.9. The predicted molar refractivity (Wildman–Crippen MR) is 106 cm³/mol. The predicted octanol–water partition coefficient (Wildman–Crippen LogP) is 3.06. The fourth-order valence-corrected chi connectivity index (χ4v) is 3.11. The zero-order chi connectivity index (χ0) is 20.5. The zero-order valence-corrected chi connectivity index (χ0v) is 16.8. The van der Waals surface area contributed by atoms with Gasteiger partial charge in [-0.2, -0.15) is 0 Å². The van der Waals surface area contributed by atoms with Gasteiger partial charge < -0.3 is 10.2 Å². The van der Waals surface area contributed by atoms with Gasteiger partial charge in [-0.05, 0) is 35.4 Å². The van der Waals surface area contributed by atoms with Crippen molar-refractivity contribution in [3.63, 3.8) is 0 Å². The summed E-state index contributed by atoms with van der Waals surface area (Å²) in [5, 5.41) is 14.8. The number of carbonyl (C=O) groups is 2. The van der Waals surface area contributed by atoms with Crippen LogP contribution < -0.4 is 0 Å². The van der Waals surface area contributed by atoms with E-state index in [2.05, 4.69) is 50.0 Å². The topological polar surface area (TPSA) is 81.1 Å². The average Bonchev–Trinajstić information content (AvgIpc) is 2.66. The summed E-state index contributed by atoms with van der Waals surface area (Å²) < 4.78 is 14.3. The number of hydrogen-bond acceptors (Lipinski definition) is 4. The van der Waals surface area contributed by atoms with Gasteiger partial charge in [-0.25, -0.2) is 14.0 Å². The van der Waals surface area contributed by atoms with Gasteiger partial charge in [-0.15, -0.1) is 0 Å². The molecule has 150 valence electrons. The minimum atomic E-state index is -1.82. The standard InChI is InChI=1S/C18H20BrFN2.C2H2O4/c19-17-6-4-15(5-7-17)13-21-8-10-22(11-9-21)14-16-2-1-3-18(20)12-16;3-1(4)2(5)6/h1-7,12H,8-11,13-14H2;(H,3,4)(H,5,6). The number of hydrogen-bond donors (Lipinski definition) is 2. The van der Waals surface area contributed by atoms with Crippen LogP contribution in [0.3, 0.4) is 0 Å². The molecule has 2 N–H and O–H groups in total. The summed E-state index contributed by atoms with van der Waals surface area (Å²) in [6.45, 7) is 6.03. The molecule has 1 fully saturated rings. The largest absolute Gasteiger partial charge is 0.473 e. The van der Waals surface area contributed by atoms with Crippen LogP contribution in [0.15, 0.2) is 53.0 Å². The highest BCUT2D eigenvalue weighted by Gasteiger charge is 2.17. The van der Waals surface area contributed by atoms with Crippen molar-refractivity contribution in [2.75, 3.05) is 26.2 Å². The van der Waals surface area contributed by atoms with Crippen molar-refractivity contribution in [1.29, 1.82) is 0 Å². The molecular weight excluding hydrogens is 431 g/mol. The van der Waals surface area contributed by atoms with Crippen molar-refractivity contribution in [3.8, 4) is 0 Å². The first-order valence-electron chi connectivity index (χ1n) is 8.73. The van der Waals surface area contributed by atoms with E-state index in [-0.39, 0.29) is 5.82 Å². The fraction of sp³-hybridized carbons (Fsp3) is 0.300. The van der Waals surface area contributed by atoms with Crippen molar-refractivity contribution in [2.45, 2.75) is 13.1 Å². The number of rotatable bonds is 4. The Morgan fingerprint density at radius 2 is 1.36 bits per heavy atom. The molecule has 2 aromatic carbocycles. The van der Waals surface area contributed by atoms with Crippen molar-refractivity contribution in [1.82, 2.24) is 9.80 Å². The third kappa shape index (κ3) is 7.75. The molecule has 3 rings (SSSR count). The molecule has 0 bridgehead atoms. The Bertz CT molecular complexity index is 781. The van der Waals surface area contributed by atoms with Crippen LogP contribution in [-0.2, 0) is 22.7 Å². The third-order valence-electron chi connectivity index (χ3n) is 4.26. The molecule has 0 aromatic heterocycles. The summed E-state index contributed by atoms with van der Waals surface area (Å²) in [7, 11) is 0. The fourth-order valence-electron chi connectivity index (χ4n) is 2.85. The molecule has 0 atom stereocenters. The molecule has 0 amide bonds. The molecule has 1 heterocycles. The molecule has 1 saturated heterocycles. The summed E-state index contributed by atoms with van der Waals surface area (Å²) in [6.07, 6.45) is 0. The molecule has 2 aromatic rings. The lowest BCUT2D eigenvalue weighted by Crippen LogP contribution is -2.45. The lowest BCUT2D eigenvalue weighted by atomic mass is 10.1. The minimum Gasteiger partial charge on any atom is -0.473 e. The van der Waals surface area contributed by atoms with Crippen molar-refractivity contribution < 1.29 is 24.2 Å². The number of carboxylic acid groups (broad SMARTS) is 2. The van der Waals surface area contributed by atoms with E-state index in [1.54, 1.807) is 12.1 Å². The SMILES string of the molecule is Fc1cccc(CN2CCN(Cc3ccc(Br)cc3)CC2)c1.O=C(O)C(=O)O. The quantitative estimate of drug-likeness (QED) is 0.693. The molecule has 6 nitrogen and oxygen atoms in total. The highest BCUT2D eigenvalue weighted by molar-refractivity contribution is 9.10. The van der Waals surface area contributed by atoms with E-state index < -0.39 is 11.9 Å². The van der Waals surface area contributed by atoms with E-state index in [1.807, 2.05) is 6.07 Å². The Morgan fingerprint density at radius 3 is 1.82 bits per heavy atom. The summed E-state index contributed by atoms with van der Waals surface area (Å²) >= 11 is 3.47. The highest BCUT2D eigenvalue weighted by Crippen LogP contribution is 2.14. The summed E-state index contributed by atoms with van der Waals surface area (Å²) in [5.74, 6) is -3.80. The summed E-state index contributed by atoms with van der Waals surface area (Å²) in [5.41, 5.74) is 2.41.